The lowest BCUT2D eigenvalue weighted by Crippen LogP contribution is -2.52. The van der Waals surface area contributed by atoms with Gasteiger partial charge in [-0.3, -0.25) is 5.32 Å². The summed E-state index contributed by atoms with van der Waals surface area (Å²) in [5.74, 6) is -10.4. The van der Waals surface area contributed by atoms with Crippen LogP contribution in [-0.2, 0) is 6.18 Å². The fraction of sp³-hybridized carbons (Fsp3) is 0.600. The van der Waals surface area contributed by atoms with Gasteiger partial charge in [0.25, 0.3) is 11.8 Å². The normalized spacial score (nSPS) is 26.8. The molecule has 3 unspecified atom stereocenters. The highest BCUT2D eigenvalue weighted by Gasteiger charge is 2.57. The molecule has 32 heavy (non-hydrogen) atoms. The molecule has 1 aromatic heterocycles. The van der Waals surface area contributed by atoms with Crippen LogP contribution in [0.25, 0.3) is 11.0 Å². The third-order valence-corrected chi connectivity index (χ3v) is 6.04. The second kappa shape index (κ2) is 7.77. The molecule has 0 bridgehead atoms. The van der Waals surface area contributed by atoms with E-state index in [-0.39, 0.29) is 41.9 Å². The lowest BCUT2D eigenvalue weighted by molar-refractivity contribution is -0.199. The van der Waals surface area contributed by atoms with E-state index in [1.165, 1.54) is 0 Å². The molecule has 5 nitrogen and oxygen atoms in total. The predicted octanol–water partition coefficient (Wildman–Crippen LogP) is 4.28. The van der Waals surface area contributed by atoms with Crippen LogP contribution >= 0.6 is 0 Å². The lowest BCUT2D eigenvalue weighted by Gasteiger charge is -2.40. The Kier molecular flexibility index (Phi) is 5.61. The monoisotopic (exact) mass is 470 g/mol. The Hall–Kier alpha value is -2.05. The van der Waals surface area contributed by atoms with E-state index in [0.717, 1.165) is 23.1 Å². The summed E-state index contributed by atoms with van der Waals surface area (Å²) in [5.41, 5.74) is -1.32. The van der Waals surface area contributed by atoms with Crippen molar-refractivity contribution < 1.29 is 45.4 Å². The zero-order valence-corrected chi connectivity index (χ0v) is 16.6. The first-order valence-corrected chi connectivity index (χ1v) is 10.0. The highest BCUT2D eigenvalue weighted by atomic mass is 19.4. The second-order valence-electron chi connectivity index (χ2n) is 8.30. The van der Waals surface area contributed by atoms with E-state index in [1.54, 1.807) is 0 Å². The Bertz CT molecular complexity index is 991. The van der Waals surface area contributed by atoms with Crippen LogP contribution in [0.3, 0.4) is 0 Å². The number of halogens is 7. The standard InChI is InChI=1S/C20H21F7N2O3/c21-18(22)4-3-11(30)8-14(18)19(23,24)9-29-6-5-28-17(31)16-15(29)12-7-10(20(25,26)27)1-2-13(12)32-16/h1-2,7,11,14,17,28,30-31H,3-6,8-9H2. The zero-order chi connectivity index (χ0) is 23.5. The van der Waals surface area contributed by atoms with Crippen LogP contribution in [0, 0.1) is 5.92 Å². The molecule has 1 aromatic carbocycles. The molecule has 3 N–H and O–H groups in total. The van der Waals surface area contributed by atoms with Crippen LogP contribution in [0.5, 0.6) is 0 Å². The molecule has 0 spiro atoms. The number of fused-ring (bicyclic) bond motifs is 3. The number of aliphatic hydroxyl groups is 2. The van der Waals surface area contributed by atoms with Crippen LogP contribution in [-0.4, -0.2) is 47.8 Å². The Morgan fingerprint density at radius 2 is 1.88 bits per heavy atom. The maximum atomic E-state index is 15.1. The van der Waals surface area contributed by atoms with Crippen LogP contribution in [0.1, 0.15) is 36.8 Å². The summed E-state index contributed by atoms with van der Waals surface area (Å²) >= 11 is 0. The van der Waals surface area contributed by atoms with Crippen LogP contribution in [0.4, 0.5) is 36.4 Å². The van der Waals surface area contributed by atoms with Crippen LogP contribution in [0.2, 0.25) is 0 Å². The fourth-order valence-electron chi connectivity index (χ4n) is 4.43. The minimum Gasteiger partial charge on any atom is -0.455 e. The molecule has 3 atom stereocenters. The Labute approximate surface area is 177 Å². The quantitative estimate of drug-likeness (QED) is 0.585. The van der Waals surface area contributed by atoms with Crippen molar-refractivity contribution in [2.24, 2.45) is 5.92 Å². The molecule has 1 fully saturated rings. The average molecular weight is 470 g/mol. The highest BCUT2D eigenvalue weighted by Crippen LogP contribution is 2.48. The molecule has 2 aliphatic rings. The van der Waals surface area contributed by atoms with Crippen molar-refractivity contribution in [2.75, 3.05) is 24.5 Å². The van der Waals surface area contributed by atoms with Gasteiger partial charge in [0.2, 0.25) is 0 Å². The van der Waals surface area contributed by atoms with Crippen molar-refractivity contribution in [1.82, 2.24) is 5.32 Å². The average Bonchev–Trinajstić information content (AvgIpc) is 3.00. The molecule has 0 saturated heterocycles. The van der Waals surface area contributed by atoms with E-state index in [1.807, 2.05) is 0 Å². The van der Waals surface area contributed by atoms with Gasteiger partial charge in [0.05, 0.1) is 29.8 Å². The number of anilines is 1. The van der Waals surface area contributed by atoms with Crippen molar-refractivity contribution in [3.8, 4) is 0 Å². The Morgan fingerprint density at radius 1 is 1.16 bits per heavy atom. The number of alkyl halides is 7. The third-order valence-electron chi connectivity index (χ3n) is 6.04. The number of aliphatic hydroxyl groups excluding tert-OH is 2. The summed E-state index contributed by atoms with van der Waals surface area (Å²) in [6.07, 6.45) is -9.47. The van der Waals surface area contributed by atoms with E-state index in [4.69, 9.17) is 4.42 Å². The zero-order valence-electron chi connectivity index (χ0n) is 16.6. The van der Waals surface area contributed by atoms with E-state index >= 15 is 8.78 Å². The summed E-state index contributed by atoms with van der Waals surface area (Å²) < 4.78 is 104. The molecule has 0 radical (unpaired) electrons. The molecule has 1 saturated carbocycles. The van der Waals surface area contributed by atoms with Gasteiger partial charge in [0.15, 0.2) is 12.0 Å². The van der Waals surface area contributed by atoms with Crippen molar-refractivity contribution in [2.45, 2.75) is 49.6 Å². The maximum absolute atomic E-state index is 15.1. The van der Waals surface area contributed by atoms with Crippen molar-refractivity contribution >= 4 is 16.7 Å². The van der Waals surface area contributed by atoms with E-state index in [0.29, 0.717) is 0 Å². The summed E-state index contributed by atoms with van der Waals surface area (Å²) in [6.45, 7) is -1.50. The molecular formula is C20H21F7N2O3. The number of hydrogen-bond donors (Lipinski definition) is 3. The highest BCUT2D eigenvalue weighted by molar-refractivity contribution is 5.94. The predicted molar refractivity (Wildman–Crippen MR) is 99.6 cm³/mol. The SMILES string of the molecule is OC1CCC(F)(F)C(C(F)(F)CN2CCNC(O)c3oc4ccc(C(F)(F)F)cc4c32)C1. The number of furan rings is 1. The minimum absolute atomic E-state index is 0.0500. The minimum atomic E-state index is -4.71. The van der Waals surface area contributed by atoms with Gasteiger partial charge >= 0.3 is 6.18 Å². The number of nitrogens with one attached hydrogen (secondary N) is 1. The maximum Gasteiger partial charge on any atom is 0.416 e. The van der Waals surface area contributed by atoms with Crippen molar-refractivity contribution in [3.63, 3.8) is 0 Å². The fourth-order valence-corrected chi connectivity index (χ4v) is 4.43. The topological polar surface area (TPSA) is 68.9 Å². The molecule has 1 aliphatic carbocycles. The summed E-state index contributed by atoms with van der Waals surface area (Å²) in [4.78, 5) is 0.960. The number of nitrogens with zero attached hydrogens (tertiary/aromatic N) is 1. The largest absolute Gasteiger partial charge is 0.455 e. The summed E-state index contributed by atoms with van der Waals surface area (Å²) in [5, 5.41) is 22.4. The van der Waals surface area contributed by atoms with E-state index < -0.39 is 61.2 Å². The van der Waals surface area contributed by atoms with Gasteiger partial charge in [-0.15, -0.1) is 0 Å². The van der Waals surface area contributed by atoms with Gasteiger partial charge in [-0.2, -0.15) is 13.2 Å². The Morgan fingerprint density at radius 3 is 2.56 bits per heavy atom. The summed E-state index contributed by atoms with van der Waals surface area (Å²) in [7, 11) is 0. The first-order chi connectivity index (χ1) is 14.8. The first-order valence-electron chi connectivity index (χ1n) is 10.0. The number of benzene rings is 1. The molecule has 0 amide bonds. The van der Waals surface area contributed by atoms with E-state index in [2.05, 4.69) is 5.32 Å². The smallest absolute Gasteiger partial charge is 0.416 e. The van der Waals surface area contributed by atoms with Gasteiger partial charge in [-0.1, -0.05) is 0 Å². The molecule has 4 rings (SSSR count). The lowest BCUT2D eigenvalue weighted by atomic mass is 9.79. The Balaban J connectivity index is 1.76. The summed E-state index contributed by atoms with van der Waals surface area (Å²) in [6, 6.07) is 2.50. The van der Waals surface area contributed by atoms with Crippen molar-refractivity contribution in [1.29, 1.82) is 0 Å². The molecule has 12 heteroatoms. The molecule has 178 valence electrons. The van der Waals surface area contributed by atoms with Gasteiger partial charge in [0.1, 0.15) is 5.58 Å². The second-order valence-corrected chi connectivity index (χ2v) is 8.30. The molecule has 1 aliphatic heterocycles. The molecule has 2 aromatic rings. The van der Waals surface area contributed by atoms with Gasteiger partial charge < -0.3 is 19.5 Å². The van der Waals surface area contributed by atoms with Crippen molar-refractivity contribution in [3.05, 3.63) is 29.5 Å². The van der Waals surface area contributed by atoms with Gasteiger partial charge in [0, 0.05) is 24.9 Å². The third kappa shape index (κ3) is 4.15. The molecular weight excluding hydrogens is 449 g/mol. The van der Waals surface area contributed by atoms with Crippen LogP contribution in [0.15, 0.2) is 22.6 Å². The van der Waals surface area contributed by atoms with Gasteiger partial charge in [-0.25, -0.2) is 17.6 Å². The van der Waals surface area contributed by atoms with E-state index in [9.17, 15) is 32.2 Å². The number of hydrogen-bond acceptors (Lipinski definition) is 5. The number of rotatable bonds is 3. The van der Waals surface area contributed by atoms with Crippen LogP contribution < -0.4 is 10.2 Å². The molecule has 2 heterocycles. The van der Waals surface area contributed by atoms with Gasteiger partial charge in [-0.05, 0) is 31.0 Å². The first kappa shape index (κ1) is 23.1.